The number of aliphatic hydroxyl groups is 2. The molecule has 0 fully saturated rings. The number of anilines is 2. The van der Waals surface area contributed by atoms with Crippen LogP contribution in [-0.2, 0) is 44.9 Å². The summed E-state index contributed by atoms with van der Waals surface area (Å²) in [4.78, 5) is 39.4. The minimum absolute atomic E-state index is 0.00278. The standard InChI is InChI=1S/C21H23ClFN5O2.C14H13ClFN3O.C7H9ClN2O2.C7H11ClN2O/c1-13-19(22)20(21(2,3)30)25-27(13)12-18(29)26-10-4-5-16-17(26)11-24-28(16)15-8-6-14(23)7-9-15;15-8-14(20)18-7-1-2-12-13(18)9-17-19(12)11-5-3-10(16)4-6-11;1-3-12-7(11)6-5(8)4(2)9-10-6;1-4-5(8)6(10-9-4)7(2,3)11/h6-9,11,30H,4-5,10,12H2,1-3H3;3-6,9H,1-2,7-8H2;3H2,1-2H3,(H,9,10);11H,1-3H3,(H,9,10). The van der Waals surface area contributed by atoms with Crippen LogP contribution in [0.4, 0.5) is 20.2 Å². The maximum absolute atomic E-state index is 13.3. The fraction of sp³-hybridized carbons (Fsp3) is 0.388. The maximum atomic E-state index is 13.3. The Bertz CT molecular complexity index is 3040. The van der Waals surface area contributed by atoms with Crippen LogP contribution in [0.3, 0.4) is 0 Å². The number of carbonyl (C=O) groups excluding carboxylic acids is 3. The molecule has 2 aliphatic rings. The summed E-state index contributed by atoms with van der Waals surface area (Å²) in [5.74, 6) is -1.39. The zero-order chi connectivity index (χ0) is 53.5. The fourth-order valence-electron chi connectivity index (χ4n) is 7.75. The summed E-state index contributed by atoms with van der Waals surface area (Å²) in [5.41, 5.74) is 5.84. The van der Waals surface area contributed by atoms with Crippen LogP contribution in [0.1, 0.15) is 97.8 Å². The molecule has 0 bridgehead atoms. The Balaban J connectivity index is 0.000000173. The van der Waals surface area contributed by atoms with Crippen LogP contribution in [0.25, 0.3) is 11.4 Å². The average Bonchev–Trinajstić information content (AvgIpc) is 4.19. The second-order valence-electron chi connectivity index (χ2n) is 17.9. The molecule has 0 saturated carbocycles. The maximum Gasteiger partial charge on any atom is 0.360 e. The second-order valence-corrected chi connectivity index (χ2v) is 19.3. The monoisotopic (exact) mass is 1090 g/mol. The molecule has 4 N–H and O–H groups in total. The largest absolute Gasteiger partial charge is 0.461 e. The summed E-state index contributed by atoms with van der Waals surface area (Å²) >= 11 is 23.5. The molecule has 0 aliphatic carbocycles. The number of amides is 2. The molecule has 0 atom stereocenters. The first-order valence-corrected chi connectivity index (χ1v) is 24.7. The van der Waals surface area contributed by atoms with Gasteiger partial charge in [0.15, 0.2) is 5.69 Å². The minimum atomic E-state index is -1.20. The van der Waals surface area contributed by atoms with E-state index in [1.807, 2.05) is 6.92 Å². The number of ether oxygens (including phenoxy) is 1. The molecule has 24 heteroatoms. The Morgan fingerprint density at radius 1 is 0.699 bits per heavy atom. The Hall–Kier alpha value is -6.16. The molecule has 0 saturated heterocycles. The number of rotatable bonds is 9. The first kappa shape index (κ1) is 56.1. The number of carbonyl (C=O) groups is 3. The van der Waals surface area contributed by atoms with Crippen molar-refractivity contribution in [1.82, 2.24) is 49.7 Å². The number of hydrogen-bond donors (Lipinski definition) is 4. The van der Waals surface area contributed by atoms with Gasteiger partial charge in [-0.3, -0.25) is 24.5 Å². The van der Waals surface area contributed by atoms with E-state index < -0.39 is 17.2 Å². The predicted octanol–water partition coefficient (Wildman–Crippen LogP) is 9.05. The lowest BCUT2D eigenvalue weighted by Gasteiger charge is -2.27. The van der Waals surface area contributed by atoms with E-state index in [-0.39, 0.29) is 41.6 Å². The van der Waals surface area contributed by atoms with Gasteiger partial charge in [0, 0.05) is 13.1 Å². The van der Waals surface area contributed by atoms with Crippen molar-refractivity contribution in [3.8, 4) is 11.4 Å². The molecule has 2 aliphatic heterocycles. The summed E-state index contributed by atoms with van der Waals surface area (Å²) in [5, 5.41) is 47.0. The predicted molar refractivity (Wildman–Crippen MR) is 274 cm³/mol. The second kappa shape index (κ2) is 23.8. The smallest absolute Gasteiger partial charge is 0.360 e. The third-order valence-electron chi connectivity index (χ3n) is 11.5. The fourth-order valence-corrected chi connectivity index (χ4v) is 8.74. The number of esters is 1. The molecule has 18 nitrogen and oxygen atoms in total. The molecule has 9 rings (SSSR count). The number of H-pyrrole nitrogens is 2. The van der Waals surface area contributed by atoms with Gasteiger partial charge in [-0.05, 0) is 130 Å². The molecular formula is C49H56Cl4F2N12O6. The van der Waals surface area contributed by atoms with Crippen LogP contribution < -0.4 is 9.80 Å². The quantitative estimate of drug-likeness (QED) is 0.0790. The molecule has 5 aromatic heterocycles. The normalized spacial score (nSPS) is 13.2. The van der Waals surface area contributed by atoms with E-state index in [2.05, 4.69) is 35.7 Å². The molecule has 73 heavy (non-hydrogen) atoms. The lowest BCUT2D eigenvalue weighted by atomic mass is 10.1. The molecule has 2 aromatic carbocycles. The highest BCUT2D eigenvalue weighted by Crippen LogP contribution is 2.33. The van der Waals surface area contributed by atoms with Crippen LogP contribution in [0.15, 0.2) is 60.9 Å². The molecule has 2 amide bonds. The van der Waals surface area contributed by atoms with Crippen LogP contribution in [0.2, 0.25) is 15.1 Å². The van der Waals surface area contributed by atoms with Crippen molar-refractivity contribution in [2.45, 2.75) is 98.8 Å². The zero-order valence-electron chi connectivity index (χ0n) is 41.4. The van der Waals surface area contributed by atoms with Gasteiger partial charge in [-0.15, -0.1) is 11.6 Å². The van der Waals surface area contributed by atoms with Crippen LogP contribution in [0, 0.1) is 32.4 Å². The van der Waals surface area contributed by atoms with Gasteiger partial charge in [-0.25, -0.2) is 22.9 Å². The number of fused-ring (bicyclic) bond motifs is 2. The number of nitrogens with zero attached hydrogens (tertiary/aromatic N) is 10. The molecule has 0 unspecified atom stereocenters. The highest BCUT2D eigenvalue weighted by molar-refractivity contribution is 6.34. The minimum Gasteiger partial charge on any atom is -0.461 e. The molecule has 7 heterocycles. The molecule has 7 aromatic rings. The van der Waals surface area contributed by atoms with Gasteiger partial charge in [0.1, 0.15) is 46.6 Å². The van der Waals surface area contributed by atoms with Gasteiger partial charge in [-0.1, -0.05) is 34.8 Å². The van der Waals surface area contributed by atoms with E-state index in [1.54, 1.807) is 104 Å². The molecule has 0 radical (unpaired) electrons. The van der Waals surface area contributed by atoms with E-state index in [0.29, 0.717) is 57.5 Å². The SMILES string of the molecule is CCOC(=O)c1n[nH]c(C)c1Cl.Cc1[nH]nc(C(C)(C)O)c1Cl.Cc1c(Cl)c(C(C)(C)O)nn1CC(=O)N1CCCc2c1cnn2-c1ccc(F)cc1.O=C(CCl)N1CCCc2c1cnn2-c1ccc(F)cc1. The van der Waals surface area contributed by atoms with Crippen molar-refractivity contribution in [3.63, 3.8) is 0 Å². The molecular weight excluding hydrogens is 1030 g/mol. The van der Waals surface area contributed by atoms with Crippen molar-refractivity contribution in [2.75, 3.05) is 35.4 Å². The topological polar surface area (TPSA) is 218 Å². The van der Waals surface area contributed by atoms with Gasteiger partial charge in [0.2, 0.25) is 11.8 Å². The number of halogens is 6. The van der Waals surface area contributed by atoms with E-state index in [9.17, 15) is 33.4 Å². The van der Waals surface area contributed by atoms with E-state index in [4.69, 9.17) is 51.1 Å². The number of nitrogens with one attached hydrogen (secondary N) is 2. The first-order valence-electron chi connectivity index (χ1n) is 23.1. The van der Waals surface area contributed by atoms with Crippen LogP contribution in [0.5, 0.6) is 0 Å². The van der Waals surface area contributed by atoms with Crippen molar-refractivity contribution in [3.05, 3.63) is 133 Å². The Kier molecular flexibility index (Phi) is 18.3. The summed E-state index contributed by atoms with van der Waals surface area (Å²) < 4.78 is 36.0. The van der Waals surface area contributed by atoms with Crippen molar-refractivity contribution < 1.29 is 38.1 Å². The lowest BCUT2D eigenvalue weighted by Crippen LogP contribution is -2.38. The van der Waals surface area contributed by atoms with E-state index in [0.717, 1.165) is 65.5 Å². The zero-order valence-corrected chi connectivity index (χ0v) is 44.4. The number of aromatic amines is 2. The molecule has 0 spiro atoms. The number of alkyl halides is 1. The summed E-state index contributed by atoms with van der Waals surface area (Å²) in [7, 11) is 0. The Morgan fingerprint density at radius 3 is 1.55 bits per heavy atom. The summed E-state index contributed by atoms with van der Waals surface area (Å²) in [6.07, 6.45) is 6.59. The lowest BCUT2D eigenvalue weighted by molar-refractivity contribution is -0.119. The Labute approximate surface area is 440 Å². The van der Waals surface area contributed by atoms with Crippen molar-refractivity contribution in [2.24, 2.45) is 0 Å². The van der Waals surface area contributed by atoms with E-state index in [1.165, 1.54) is 28.9 Å². The number of benzene rings is 2. The number of aryl methyl sites for hydroxylation is 2. The average molecular weight is 1090 g/mol. The number of hydrogen-bond acceptors (Lipinski definition) is 11. The van der Waals surface area contributed by atoms with Gasteiger partial charge in [0.05, 0.1) is 85.3 Å². The highest BCUT2D eigenvalue weighted by atomic mass is 35.5. The van der Waals surface area contributed by atoms with Crippen LogP contribution >= 0.6 is 46.4 Å². The molecule has 390 valence electrons. The van der Waals surface area contributed by atoms with Gasteiger partial charge in [0.25, 0.3) is 0 Å². The highest BCUT2D eigenvalue weighted by Gasteiger charge is 2.31. The summed E-state index contributed by atoms with van der Waals surface area (Å²) in [6, 6.07) is 12.2. The summed E-state index contributed by atoms with van der Waals surface area (Å²) in [6.45, 7) is 15.1. The first-order chi connectivity index (χ1) is 34.5. The third-order valence-corrected chi connectivity index (χ3v) is 13.1. The van der Waals surface area contributed by atoms with Gasteiger partial charge < -0.3 is 24.7 Å². The third kappa shape index (κ3) is 13.2. The number of aromatic nitrogens is 10. The van der Waals surface area contributed by atoms with Crippen LogP contribution in [-0.4, -0.2) is 103 Å². The van der Waals surface area contributed by atoms with Gasteiger partial charge >= 0.3 is 5.97 Å². The van der Waals surface area contributed by atoms with E-state index >= 15 is 0 Å². The van der Waals surface area contributed by atoms with Crippen molar-refractivity contribution in [1.29, 1.82) is 0 Å². The Morgan fingerprint density at radius 2 is 1.16 bits per heavy atom. The van der Waals surface area contributed by atoms with Gasteiger partial charge in [-0.2, -0.15) is 25.5 Å². The van der Waals surface area contributed by atoms with Crippen molar-refractivity contribution >= 4 is 75.6 Å².